The van der Waals surface area contributed by atoms with Crippen molar-refractivity contribution in [1.29, 1.82) is 5.26 Å². The maximum Gasteiger partial charge on any atom is 0.482 e. The Morgan fingerprint density at radius 2 is 0.483 bits per heavy atom. The number of unbranched alkanes of at least 4 members (excludes halogenated alkanes) is 1. The second-order valence-electron chi connectivity index (χ2n) is 21.0. The zero-order chi connectivity index (χ0) is 40.2. The van der Waals surface area contributed by atoms with E-state index >= 15 is 0 Å². The van der Waals surface area contributed by atoms with E-state index in [1.54, 1.807) is 0 Å². The van der Waals surface area contributed by atoms with Crippen LogP contribution >= 0.6 is 0 Å². The van der Waals surface area contributed by atoms with Gasteiger partial charge in [-0.15, -0.1) is 0 Å². The third-order valence-electron chi connectivity index (χ3n) is 17.2. The van der Waals surface area contributed by atoms with Gasteiger partial charge in [0.05, 0.1) is 6.07 Å². The molecule has 60 heavy (non-hydrogen) atoms. The molecule has 13 fully saturated rings. The molecule has 0 amide bonds. The highest BCUT2D eigenvalue weighted by atomic mass is 28.6. The minimum absolute atomic E-state index is 0.0241. The van der Waals surface area contributed by atoms with Gasteiger partial charge in [-0.3, -0.25) is 0 Å². The van der Waals surface area contributed by atoms with Gasteiger partial charge in [0, 0.05) is 51.3 Å². The lowest BCUT2D eigenvalue weighted by Gasteiger charge is -2.66. The smallest absolute Gasteiger partial charge is 0.373 e. The summed E-state index contributed by atoms with van der Waals surface area (Å²) in [6.45, 7) is 0. The number of rotatable bonds is 10. The van der Waals surface area contributed by atoms with Crippen molar-refractivity contribution in [3.05, 3.63) is 0 Å². The number of nitriles is 1. The van der Waals surface area contributed by atoms with Crippen LogP contribution in [0.25, 0.3) is 0 Å². The monoisotopic (exact) mass is 967 g/mol. The molecule has 21 heteroatoms. The second-order valence-corrected chi connectivity index (χ2v) is 46.8. The predicted octanol–water partition coefficient (Wildman–Crippen LogP) is 10.7. The first kappa shape index (κ1) is 42.1. The summed E-state index contributed by atoms with van der Waals surface area (Å²) in [5, 5.41) is 10.1. The molecule has 334 valence electrons. The van der Waals surface area contributed by atoms with E-state index in [0.29, 0.717) is 18.9 Å². The van der Waals surface area contributed by atoms with Gasteiger partial charge in [-0.1, -0.05) is 89.9 Å². The van der Waals surface area contributed by atoms with Crippen LogP contribution in [0.1, 0.15) is 193 Å². The molecule has 13 nitrogen and oxygen atoms in total. The van der Waals surface area contributed by atoms with Crippen molar-refractivity contribution in [2.75, 3.05) is 0 Å². The maximum absolute atomic E-state index is 10.1. The first-order valence-electron chi connectivity index (χ1n) is 25.1. The van der Waals surface area contributed by atoms with Crippen molar-refractivity contribution in [3.63, 3.8) is 0 Å². The Hall–Kier alpha value is 0.745. The Kier molecular flexibility index (Phi) is 11.2. The molecule has 6 saturated heterocycles. The summed E-state index contributed by atoms with van der Waals surface area (Å²) in [5.74, 6) is 0. The van der Waals surface area contributed by atoms with Crippen molar-refractivity contribution in [1.82, 2.24) is 0 Å². The normalized spacial score (nSPS) is 48.6. The molecule has 13 rings (SSSR count). The van der Waals surface area contributed by atoms with Gasteiger partial charge < -0.3 is 49.4 Å². The van der Waals surface area contributed by atoms with Crippen molar-refractivity contribution >= 4 is 70.4 Å². The van der Waals surface area contributed by atoms with Gasteiger partial charge in [-0.25, -0.2) is 0 Å². The summed E-state index contributed by atoms with van der Waals surface area (Å²) in [7, 11) is -31.4. The molecular weight excluding hydrogens is 899 g/mol. The molecule has 0 radical (unpaired) electrons. The van der Waals surface area contributed by atoms with E-state index in [1.165, 1.54) is 0 Å². The molecule has 0 aromatic heterocycles. The fraction of sp³-hybridized carbons (Fsp3) is 0.974. The van der Waals surface area contributed by atoms with Crippen molar-refractivity contribution in [3.8, 4) is 6.07 Å². The molecular formula is C39H69NO12Si8. The van der Waals surface area contributed by atoms with E-state index < -0.39 is 70.4 Å². The zero-order valence-electron chi connectivity index (χ0n) is 35.8. The van der Waals surface area contributed by atoms with Gasteiger partial charge in [0.2, 0.25) is 0 Å². The molecule has 0 unspecified atom stereocenters. The van der Waals surface area contributed by atoms with E-state index in [9.17, 15) is 5.26 Å². The van der Waals surface area contributed by atoms with E-state index in [-0.39, 0.29) is 38.8 Å². The summed E-state index contributed by atoms with van der Waals surface area (Å²) in [6.07, 6.45) is 29.8. The Morgan fingerprint density at radius 1 is 0.300 bits per heavy atom. The lowest BCUT2D eigenvalue weighted by Crippen LogP contribution is -2.90. The molecule has 0 N–H and O–H groups in total. The highest BCUT2D eigenvalue weighted by Gasteiger charge is 2.88. The number of hydrogen-bond acceptors (Lipinski definition) is 13. The molecule has 7 saturated carbocycles. The van der Waals surface area contributed by atoms with E-state index in [1.807, 2.05) is 0 Å². The summed E-state index contributed by atoms with van der Waals surface area (Å²) in [6, 6.07) is 2.90. The summed E-state index contributed by atoms with van der Waals surface area (Å²) in [4.78, 5) is 0. The molecule has 7 aliphatic carbocycles. The molecule has 6 heterocycles. The molecule has 0 atom stereocenters. The molecule has 6 aliphatic heterocycles. The van der Waals surface area contributed by atoms with Crippen LogP contribution < -0.4 is 0 Å². The van der Waals surface area contributed by atoms with Gasteiger partial charge in [0.15, 0.2) is 0 Å². The van der Waals surface area contributed by atoms with Crippen LogP contribution in [0.3, 0.4) is 0 Å². The van der Waals surface area contributed by atoms with Crippen LogP contribution in [-0.2, 0) is 49.4 Å². The molecule has 0 aromatic carbocycles. The van der Waals surface area contributed by atoms with Crippen molar-refractivity contribution in [2.24, 2.45) is 0 Å². The quantitative estimate of drug-likeness (QED) is 0.152. The number of nitrogens with zero attached hydrogens (tertiary/aromatic N) is 1. The fourth-order valence-electron chi connectivity index (χ4n) is 14.2. The van der Waals surface area contributed by atoms with Crippen LogP contribution in [0.4, 0.5) is 0 Å². The SMILES string of the molecule is N#CCCC[Si]12O[Si]3(C4CCCC4)O[Si]4(C5CCCC5)O[Si](C5CCCC5)(O1)O[Si]1(C5CCCC5)O[Si](C5CCCC5)(O2)O[Si](C2CCCC2)(O3)O[Si](C2CCCC2)(O4)O1. The predicted molar refractivity (Wildman–Crippen MR) is 234 cm³/mol. The van der Waals surface area contributed by atoms with Gasteiger partial charge in [-0.05, 0) is 96.3 Å². The Labute approximate surface area is 366 Å². The molecule has 0 spiro atoms. The molecule has 8 bridgehead atoms. The third kappa shape index (κ3) is 6.80. The standard InChI is InChI=1S/C39H69NO12Si8/c40-31-15-16-32-53-41-54(33-17-1-2-18-33)44-57(36-23-7-8-24-36)46-55(42-53,34-19-3-4-20-34)48-59(38-27-11-12-28-38)49-56(43-53,35-21-5-6-22-35)47-58(45-54,37-25-9-10-26-37)51-60(50-57,52-59)39-29-13-14-30-39/h33-39H,1-30,32H2. The Morgan fingerprint density at radius 3 is 0.667 bits per heavy atom. The van der Waals surface area contributed by atoms with E-state index in [4.69, 9.17) is 49.4 Å². The second kappa shape index (κ2) is 15.9. The van der Waals surface area contributed by atoms with Crippen LogP contribution in [-0.4, -0.2) is 70.4 Å². The van der Waals surface area contributed by atoms with Crippen molar-refractivity contribution in [2.45, 2.75) is 237 Å². The fourth-order valence-corrected chi connectivity index (χ4v) is 70.3. The Bertz CT molecular complexity index is 1460. The van der Waals surface area contributed by atoms with Gasteiger partial charge >= 0.3 is 70.4 Å². The molecule has 13 aliphatic rings. The minimum atomic E-state index is -3.98. The first-order valence-corrected chi connectivity index (χ1v) is 39.6. The topological polar surface area (TPSA) is 135 Å². The maximum atomic E-state index is 10.1. The van der Waals surface area contributed by atoms with Crippen LogP contribution in [0, 0.1) is 11.3 Å². The van der Waals surface area contributed by atoms with Crippen LogP contribution in [0.15, 0.2) is 0 Å². The van der Waals surface area contributed by atoms with Crippen LogP contribution in [0.2, 0.25) is 44.8 Å². The highest BCUT2D eigenvalue weighted by molar-refractivity contribution is 7.04. The third-order valence-corrected chi connectivity index (χ3v) is 56.9. The zero-order valence-corrected chi connectivity index (χ0v) is 43.8. The average molecular weight is 969 g/mol. The Balaban J connectivity index is 1.18. The summed E-state index contributed by atoms with van der Waals surface area (Å²) >= 11 is 0. The van der Waals surface area contributed by atoms with E-state index in [0.717, 1.165) is 180 Å². The summed E-state index contributed by atoms with van der Waals surface area (Å²) in [5.41, 5.74) is 0.285. The summed E-state index contributed by atoms with van der Waals surface area (Å²) < 4.78 is 100. The van der Waals surface area contributed by atoms with Crippen LogP contribution in [0.5, 0.6) is 0 Å². The van der Waals surface area contributed by atoms with E-state index in [2.05, 4.69) is 6.07 Å². The average Bonchev–Trinajstić information content (AvgIpc) is 4.08. The van der Waals surface area contributed by atoms with Crippen molar-refractivity contribution < 1.29 is 49.4 Å². The minimum Gasteiger partial charge on any atom is -0.373 e. The largest absolute Gasteiger partial charge is 0.482 e. The highest BCUT2D eigenvalue weighted by Crippen LogP contribution is 2.66. The lowest BCUT2D eigenvalue weighted by molar-refractivity contribution is -0.0458. The van der Waals surface area contributed by atoms with Gasteiger partial charge in [-0.2, -0.15) is 5.26 Å². The number of hydrogen-bond donors (Lipinski definition) is 0. The first-order chi connectivity index (χ1) is 29.3. The van der Waals surface area contributed by atoms with Gasteiger partial charge in [0.25, 0.3) is 0 Å². The molecule has 0 aromatic rings. The lowest BCUT2D eigenvalue weighted by atomic mass is 10.4. The van der Waals surface area contributed by atoms with Gasteiger partial charge in [0.1, 0.15) is 0 Å².